The predicted molar refractivity (Wildman–Crippen MR) is 90.2 cm³/mol. The van der Waals surface area contributed by atoms with Crippen LogP contribution in [0.25, 0.3) is 0 Å². The van der Waals surface area contributed by atoms with Crippen molar-refractivity contribution in [3.8, 4) is 0 Å². The van der Waals surface area contributed by atoms with E-state index < -0.39 is 0 Å². The van der Waals surface area contributed by atoms with Gasteiger partial charge in [0.25, 0.3) is 0 Å². The van der Waals surface area contributed by atoms with Gasteiger partial charge in [-0.2, -0.15) is 0 Å². The van der Waals surface area contributed by atoms with E-state index in [0.29, 0.717) is 12.5 Å². The molecule has 21 heavy (non-hydrogen) atoms. The third kappa shape index (κ3) is 3.22. The Labute approximate surface area is 131 Å². The maximum Gasteiger partial charge on any atom is 0.0642 e. The molecule has 1 saturated heterocycles. The van der Waals surface area contributed by atoms with Crippen molar-refractivity contribution >= 4 is 17.3 Å². The molecule has 0 radical (unpaired) electrons. The lowest BCUT2D eigenvalue weighted by Gasteiger charge is -2.21. The van der Waals surface area contributed by atoms with Gasteiger partial charge in [0.15, 0.2) is 0 Å². The summed E-state index contributed by atoms with van der Waals surface area (Å²) in [6.07, 6.45) is 2.07. The van der Waals surface area contributed by atoms with Crippen LogP contribution in [0.15, 0.2) is 48.5 Å². The SMILES string of the molecule is NCCc1ccc(N2CCC(c3ccccc3)C2)c(Cl)c1. The molecule has 1 atom stereocenters. The van der Waals surface area contributed by atoms with Crippen LogP contribution in [0.3, 0.4) is 0 Å². The molecule has 1 unspecified atom stereocenters. The van der Waals surface area contributed by atoms with Gasteiger partial charge in [-0.3, -0.25) is 0 Å². The van der Waals surface area contributed by atoms with Crippen LogP contribution in [0.4, 0.5) is 5.69 Å². The Hall–Kier alpha value is -1.51. The second-order valence-corrected chi connectivity index (χ2v) is 6.07. The standard InChI is InChI=1S/C18H21ClN2/c19-17-12-14(8-10-20)6-7-18(17)21-11-9-16(13-21)15-4-2-1-3-5-15/h1-7,12,16H,8-11,13,20H2. The summed E-state index contributed by atoms with van der Waals surface area (Å²) in [4.78, 5) is 2.40. The van der Waals surface area contributed by atoms with Gasteiger partial charge in [-0.15, -0.1) is 0 Å². The van der Waals surface area contributed by atoms with Crippen LogP contribution >= 0.6 is 11.6 Å². The van der Waals surface area contributed by atoms with Crippen molar-refractivity contribution in [1.29, 1.82) is 0 Å². The van der Waals surface area contributed by atoms with Crippen LogP contribution in [-0.2, 0) is 6.42 Å². The number of benzene rings is 2. The summed E-state index contributed by atoms with van der Waals surface area (Å²) in [5.74, 6) is 0.603. The number of nitrogens with zero attached hydrogens (tertiary/aromatic N) is 1. The molecule has 2 aromatic carbocycles. The first-order valence-electron chi connectivity index (χ1n) is 7.56. The van der Waals surface area contributed by atoms with Crippen molar-refractivity contribution in [2.75, 3.05) is 24.5 Å². The number of hydrogen-bond acceptors (Lipinski definition) is 2. The molecule has 0 amide bonds. The molecule has 3 rings (SSSR count). The van der Waals surface area contributed by atoms with E-state index in [2.05, 4.69) is 53.4 Å². The van der Waals surface area contributed by atoms with Crippen molar-refractivity contribution in [1.82, 2.24) is 0 Å². The van der Waals surface area contributed by atoms with Gasteiger partial charge >= 0.3 is 0 Å². The number of hydrogen-bond donors (Lipinski definition) is 1. The van der Waals surface area contributed by atoms with Gasteiger partial charge in [0, 0.05) is 19.0 Å². The maximum atomic E-state index is 6.46. The molecule has 1 fully saturated rings. The molecule has 110 valence electrons. The summed E-state index contributed by atoms with van der Waals surface area (Å²) in [7, 11) is 0. The number of halogens is 1. The molecule has 0 saturated carbocycles. The quantitative estimate of drug-likeness (QED) is 0.929. The molecule has 3 heteroatoms. The smallest absolute Gasteiger partial charge is 0.0642 e. The molecule has 1 aliphatic heterocycles. The monoisotopic (exact) mass is 300 g/mol. The highest BCUT2D eigenvalue weighted by Gasteiger charge is 2.25. The minimum atomic E-state index is 0.603. The van der Waals surface area contributed by atoms with Crippen molar-refractivity contribution in [2.24, 2.45) is 5.73 Å². The molecular formula is C18H21ClN2. The third-order valence-corrected chi connectivity index (χ3v) is 4.55. The van der Waals surface area contributed by atoms with E-state index in [0.717, 1.165) is 30.2 Å². The zero-order valence-electron chi connectivity index (χ0n) is 12.1. The average Bonchev–Trinajstić information content (AvgIpc) is 2.98. The summed E-state index contributed by atoms with van der Waals surface area (Å²) in [5.41, 5.74) is 9.39. The van der Waals surface area contributed by atoms with Gasteiger partial charge in [-0.1, -0.05) is 48.0 Å². The first-order chi connectivity index (χ1) is 10.3. The second-order valence-electron chi connectivity index (χ2n) is 5.67. The zero-order valence-corrected chi connectivity index (χ0v) is 12.9. The van der Waals surface area contributed by atoms with Crippen LogP contribution in [0, 0.1) is 0 Å². The second kappa shape index (κ2) is 6.50. The summed E-state index contributed by atoms with van der Waals surface area (Å²) >= 11 is 6.46. The minimum absolute atomic E-state index is 0.603. The lowest BCUT2D eigenvalue weighted by Crippen LogP contribution is -2.19. The van der Waals surface area contributed by atoms with Crippen molar-refractivity contribution in [3.63, 3.8) is 0 Å². The van der Waals surface area contributed by atoms with Gasteiger partial charge < -0.3 is 10.6 Å². The Morgan fingerprint density at radius 3 is 2.67 bits per heavy atom. The zero-order chi connectivity index (χ0) is 14.7. The molecular weight excluding hydrogens is 280 g/mol. The van der Waals surface area contributed by atoms with Crippen LogP contribution in [0.1, 0.15) is 23.5 Å². The maximum absolute atomic E-state index is 6.46. The first kappa shape index (κ1) is 14.4. The lowest BCUT2D eigenvalue weighted by atomic mass is 9.99. The van der Waals surface area contributed by atoms with Crippen LogP contribution in [0.2, 0.25) is 5.02 Å². The highest BCUT2D eigenvalue weighted by atomic mass is 35.5. The molecule has 1 heterocycles. The fourth-order valence-corrected chi connectivity index (χ4v) is 3.43. The van der Waals surface area contributed by atoms with Gasteiger partial charge in [-0.05, 0) is 42.6 Å². The van der Waals surface area contributed by atoms with Crippen molar-refractivity contribution in [3.05, 3.63) is 64.7 Å². The lowest BCUT2D eigenvalue weighted by molar-refractivity contribution is 0.775. The Bertz CT molecular complexity index is 597. The van der Waals surface area contributed by atoms with Crippen molar-refractivity contribution < 1.29 is 0 Å². The van der Waals surface area contributed by atoms with Gasteiger partial charge in [-0.25, -0.2) is 0 Å². The summed E-state index contributed by atoms with van der Waals surface area (Å²) in [6.45, 7) is 2.77. The third-order valence-electron chi connectivity index (χ3n) is 4.25. The van der Waals surface area contributed by atoms with E-state index in [1.54, 1.807) is 0 Å². The molecule has 1 aliphatic rings. The molecule has 0 aromatic heterocycles. The van der Waals surface area contributed by atoms with E-state index in [-0.39, 0.29) is 0 Å². The largest absolute Gasteiger partial charge is 0.370 e. The van der Waals surface area contributed by atoms with Crippen LogP contribution < -0.4 is 10.6 Å². The van der Waals surface area contributed by atoms with Gasteiger partial charge in [0.2, 0.25) is 0 Å². The average molecular weight is 301 g/mol. The Morgan fingerprint density at radius 1 is 1.14 bits per heavy atom. The van der Waals surface area contributed by atoms with E-state index >= 15 is 0 Å². The normalized spacial score (nSPS) is 18.2. The Kier molecular flexibility index (Phi) is 4.47. The molecule has 2 nitrogen and oxygen atoms in total. The molecule has 0 bridgehead atoms. The van der Waals surface area contributed by atoms with E-state index in [4.69, 9.17) is 17.3 Å². The summed E-state index contributed by atoms with van der Waals surface area (Å²) in [6, 6.07) is 17.1. The summed E-state index contributed by atoms with van der Waals surface area (Å²) < 4.78 is 0. The molecule has 2 aromatic rings. The van der Waals surface area contributed by atoms with Crippen LogP contribution in [-0.4, -0.2) is 19.6 Å². The minimum Gasteiger partial charge on any atom is -0.370 e. The fraction of sp³-hybridized carbons (Fsp3) is 0.333. The number of anilines is 1. The van der Waals surface area contributed by atoms with Crippen LogP contribution in [0.5, 0.6) is 0 Å². The topological polar surface area (TPSA) is 29.3 Å². The van der Waals surface area contributed by atoms with E-state index in [1.165, 1.54) is 17.5 Å². The molecule has 0 aliphatic carbocycles. The molecule has 2 N–H and O–H groups in total. The highest BCUT2D eigenvalue weighted by Crippen LogP contribution is 2.34. The summed E-state index contributed by atoms with van der Waals surface area (Å²) in [5, 5.41) is 0.842. The van der Waals surface area contributed by atoms with Gasteiger partial charge in [0.1, 0.15) is 0 Å². The first-order valence-corrected chi connectivity index (χ1v) is 7.94. The Morgan fingerprint density at radius 2 is 1.95 bits per heavy atom. The number of rotatable bonds is 4. The Balaban J connectivity index is 1.74. The van der Waals surface area contributed by atoms with Gasteiger partial charge in [0.05, 0.1) is 10.7 Å². The fourth-order valence-electron chi connectivity index (χ4n) is 3.11. The number of nitrogens with two attached hydrogens (primary N) is 1. The molecule has 0 spiro atoms. The van der Waals surface area contributed by atoms with Crippen molar-refractivity contribution in [2.45, 2.75) is 18.8 Å². The highest BCUT2D eigenvalue weighted by molar-refractivity contribution is 6.33. The van der Waals surface area contributed by atoms with E-state index in [9.17, 15) is 0 Å². The predicted octanol–water partition coefficient (Wildman–Crippen LogP) is 3.84. The van der Waals surface area contributed by atoms with E-state index in [1.807, 2.05) is 0 Å².